The third-order valence-corrected chi connectivity index (χ3v) is 9.94. The summed E-state index contributed by atoms with van der Waals surface area (Å²) >= 11 is 0. The molecule has 0 saturated carbocycles. The minimum Gasteiger partial charge on any atom is -0.349 e. The number of benzene rings is 2. The summed E-state index contributed by atoms with van der Waals surface area (Å²) < 4.78 is 26.6. The van der Waals surface area contributed by atoms with Gasteiger partial charge >= 0.3 is 0 Å². The van der Waals surface area contributed by atoms with Crippen LogP contribution in [0.4, 0.5) is 0 Å². The third kappa shape index (κ3) is 8.37. The van der Waals surface area contributed by atoms with Crippen LogP contribution in [0.3, 0.4) is 0 Å². The predicted octanol–water partition coefficient (Wildman–Crippen LogP) is 4.60. The molecule has 1 unspecified atom stereocenters. The van der Waals surface area contributed by atoms with E-state index in [0.29, 0.717) is 44.1 Å². The Morgan fingerprint density at radius 3 is 2.10 bits per heavy atom. The maximum Gasteiger partial charge on any atom is 0.251 e. The lowest BCUT2D eigenvalue weighted by atomic mass is 9.68. The number of nitrogens with zero attached hydrogens (tertiary/aromatic N) is 3. The van der Waals surface area contributed by atoms with Gasteiger partial charge in [0.05, 0.1) is 5.75 Å². The van der Waals surface area contributed by atoms with Crippen LogP contribution in [0.1, 0.15) is 68.9 Å². The highest BCUT2D eigenvalue weighted by atomic mass is 32.2. The van der Waals surface area contributed by atoms with Crippen molar-refractivity contribution in [1.82, 2.24) is 19.4 Å². The summed E-state index contributed by atoms with van der Waals surface area (Å²) in [6.07, 6.45) is 1.31. The van der Waals surface area contributed by atoms with Crippen molar-refractivity contribution in [1.29, 1.82) is 0 Å². The summed E-state index contributed by atoms with van der Waals surface area (Å²) in [5, 5.41) is 3.31. The van der Waals surface area contributed by atoms with Gasteiger partial charge in [0.15, 0.2) is 0 Å². The van der Waals surface area contributed by atoms with E-state index in [2.05, 4.69) is 62.2 Å². The van der Waals surface area contributed by atoms with E-state index in [4.69, 9.17) is 0 Å². The van der Waals surface area contributed by atoms with Crippen molar-refractivity contribution < 1.29 is 13.2 Å². The molecule has 2 atom stereocenters. The van der Waals surface area contributed by atoms with Crippen molar-refractivity contribution in [3.8, 4) is 0 Å². The molecule has 0 aliphatic carbocycles. The minimum absolute atomic E-state index is 0.0870. The Balaban J connectivity index is 0.00000260. The number of carbonyl (C=O) groups excluding carboxylic acids is 1. The first-order chi connectivity index (χ1) is 18.5. The number of piperidine rings is 1. The number of hydrogen-bond acceptors (Lipinski definition) is 5. The van der Waals surface area contributed by atoms with E-state index < -0.39 is 10.0 Å². The van der Waals surface area contributed by atoms with Crippen LogP contribution in [-0.4, -0.2) is 87.0 Å². The average Bonchev–Trinajstić information content (AvgIpc) is 2.94. The molecule has 0 aromatic heterocycles. The van der Waals surface area contributed by atoms with Gasteiger partial charge in [-0.05, 0) is 71.9 Å². The molecule has 1 heterocycles. The van der Waals surface area contributed by atoms with Gasteiger partial charge in [-0.25, -0.2) is 12.7 Å². The van der Waals surface area contributed by atoms with Crippen molar-refractivity contribution >= 4 is 15.9 Å². The van der Waals surface area contributed by atoms with Crippen molar-refractivity contribution in [3.05, 3.63) is 71.3 Å². The van der Waals surface area contributed by atoms with Gasteiger partial charge in [-0.15, -0.1) is 0 Å². The van der Waals surface area contributed by atoms with Crippen LogP contribution < -0.4 is 5.32 Å². The van der Waals surface area contributed by atoms with Crippen LogP contribution in [0.2, 0.25) is 0 Å². The van der Waals surface area contributed by atoms with E-state index in [1.807, 2.05) is 56.3 Å². The quantitative estimate of drug-likeness (QED) is 0.437. The third-order valence-electron chi connectivity index (χ3n) is 8.06. The summed E-state index contributed by atoms with van der Waals surface area (Å²) in [6.45, 7) is 12.4. The second-order valence-corrected chi connectivity index (χ2v) is 12.9. The molecule has 1 aliphatic rings. The number of carbonyl (C=O) groups is 1. The van der Waals surface area contributed by atoms with Gasteiger partial charge in [-0.3, -0.25) is 4.79 Å². The van der Waals surface area contributed by atoms with Gasteiger partial charge in [0.2, 0.25) is 10.0 Å². The Morgan fingerprint density at radius 2 is 1.54 bits per heavy atom. The Labute approximate surface area is 237 Å². The van der Waals surface area contributed by atoms with Crippen LogP contribution in [0.5, 0.6) is 0 Å². The number of nitrogens with one attached hydrogen (secondary N) is 1. The summed E-state index contributed by atoms with van der Waals surface area (Å²) in [6, 6.07) is 18.3. The lowest BCUT2D eigenvalue weighted by Crippen LogP contribution is -2.55. The van der Waals surface area contributed by atoms with Gasteiger partial charge in [0, 0.05) is 49.2 Å². The van der Waals surface area contributed by atoms with Crippen LogP contribution in [0.25, 0.3) is 0 Å². The van der Waals surface area contributed by atoms with Gasteiger partial charge in [-0.2, -0.15) is 0 Å². The Morgan fingerprint density at radius 1 is 0.974 bits per heavy atom. The molecule has 7 nitrogen and oxygen atoms in total. The molecule has 2 aromatic rings. The smallest absolute Gasteiger partial charge is 0.251 e. The Bertz CT molecular complexity index is 1130. The number of likely N-dealkylation sites (N-methyl/N-ethyl adjacent to an activating group) is 2. The van der Waals surface area contributed by atoms with Crippen molar-refractivity contribution in [3.63, 3.8) is 0 Å². The normalized spacial score (nSPS) is 17.3. The van der Waals surface area contributed by atoms with Gasteiger partial charge in [0.25, 0.3) is 5.91 Å². The number of sulfonamides is 1. The van der Waals surface area contributed by atoms with Gasteiger partial charge in [0.1, 0.15) is 0 Å². The molecule has 218 valence electrons. The van der Waals surface area contributed by atoms with Crippen LogP contribution in [0.15, 0.2) is 54.6 Å². The van der Waals surface area contributed by atoms with Crippen molar-refractivity contribution in [2.75, 3.05) is 46.5 Å². The first kappa shape index (κ1) is 32.9. The van der Waals surface area contributed by atoms with E-state index in [9.17, 15) is 13.2 Å². The number of hydrogen-bond donors (Lipinski definition) is 1. The predicted molar refractivity (Wildman–Crippen MR) is 163 cm³/mol. The summed E-state index contributed by atoms with van der Waals surface area (Å²) in [7, 11) is 3.00. The van der Waals surface area contributed by atoms with Crippen LogP contribution >= 0.6 is 0 Å². The maximum absolute atomic E-state index is 13.6. The molecule has 0 bridgehead atoms. The molecule has 1 amide bonds. The number of amides is 1. The van der Waals surface area contributed by atoms with E-state index in [1.54, 1.807) is 11.2 Å². The van der Waals surface area contributed by atoms with Crippen molar-refractivity contribution in [2.45, 2.75) is 71.5 Å². The summed E-state index contributed by atoms with van der Waals surface area (Å²) in [5.41, 5.74) is 2.48. The zero-order valence-corrected chi connectivity index (χ0v) is 26.1. The van der Waals surface area contributed by atoms with Gasteiger partial charge in [-0.1, -0.05) is 62.4 Å². The topological polar surface area (TPSA) is 73.0 Å². The number of rotatable bonds is 11. The molecule has 8 heteroatoms. The fourth-order valence-electron chi connectivity index (χ4n) is 5.35. The fraction of sp³-hybridized carbons (Fsp3) is 0.581. The van der Waals surface area contributed by atoms with E-state index in [1.165, 1.54) is 0 Å². The zero-order chi connectivity index (χ0) is 29.2. The Kier molecular flexibility index (Phi) is 12.6. The molecule has 1 N–H and O–H groups in total. The largest absolute Gasteiger partial charge is 0.349 e. The minimum atomic E-state index is -3.24. The second kappa shape index (κ2) is 14.9. The fourth-order valence-corrected chi connectivity index (χ4v) is 6.45. The molecule has 0 radical (unpaired) electrons. The monoisotopic (exact) mass is 558 g/mol. The first-order valence-corrected chi connectivity index (χ1v) is 15.9. The summed E-state index contributed by atoms with van der Waals surface area (Å²) in [5.74, 6) is 0.0204. The first-order valence-electron chi connectivity index (χ1n) is 14.3. The highest BCUT2D eigenvalue weighted by Gasteiger charge is 2.43. The molecule has 39 heavy (non-hydrogen) atoms. The molecule has 1 aliphatic heterocycles. The molecule has 2 aromatic carbocycles. The van der Waals surface area contributed by atoms with E-state index >= 15 is 0 Å². The van der Waals surface area contributed by atoms with Crippen LogP contribution in [0, 0.1) is 0 Å². The van der Waals surface area contributed by atoms with Crippen LogP contribution in [-0.2, 0) is 22.0 Å². The maximum atomic E-state index is 13.6. The molecular weight excluding hydrogens is 508 g/mol. The van der Waals surface area contributed by atoms with Crippen molar-refractivity contribution in [2.24, 2.45) is 0 Å². The SMILES string of the molecule is CC.CCS(=O)(=O)N1CCC(c2ccccc2)([C@H](C)NC(=O)c2ccccc2CN(C)CC(C)N(C)C)CC1. The Hall–Kier alpha value is -2.26. The van der Waals surface area contributed by atoms with E-state index in [0.717, 1.165) is 17.7 Å². The van der Waals surface area contributed by atoms with E-state index in [-0.39, 0.29) is 23.1 Å². The van der Waals surface area contributed by atoms with Gasteiger partial charge < -0.3 is 15.1 Å². The highest BCUT2D eigenvalue weighted by Crippen LogP contribution is 2.39. The molecule has 1 saturated heterocycles. The molecular formula is C31H50N4O3S. The summed E-state index contributed by atoms with van der Waals surface area (Å²) in [4.78, 5) is 18.1. The second-order valence-electron chi connectivity index (χ2n) is 10.7. The lowest BCUT2D eigenvalue weighted by molar-refractivity contribution is 0.0893. The molecule has 0 spiro atoms. The molecule has 1 fully saturated rings. The molecule has 3 rings (SSSR count). The zero-order valence-electron chi connectivity index (χ0n) is 25.3. The standard InChI is InChI=1S/C29H44N4O3S.C2H6/c1-7-37(35,36)33-19-17-29(18-20-33,26-14-9-8-10-15-26)24(3)30-28(34)27-16-12-11-13-25(27)22-32(6)21-23(2)31(4)5;1-2/h8-16,23-24H,7,17-22H2,1-6H3,(H,30,34);1-2H3/t23?,24-;/m0./s1. The highest BCUT2D eigenvalue weighted by molar-refractivity contribution is 7.89. The average molecular weight is 559 g/mol. The lowest BCUT2D eigenvalue weighted by Gasteiger charge is -2.45.